The van der Waals surface area contributed by atoms with Gasteiger partial charge in [0.05, 0.1) is 12.2 Å². The number of hydrogen-bond acceptors (Lipinski definition) is 5. The number of amides is 1. The zero-order valence-electron chi connectivity index (χ0n) is 13.0. The first-order chi connectivity index (χ1) is 12.1. The molecule has 3 rings (SSSR count). The van der Waals surface area contributed by atoms with Gasteiger partial charge in [-0.15, -0.1) is 0 Å². The molecule has 0 aliphatic carbocycles. The highest BCUT2D eigenvalue weighted by Crippen LogP contribution is 2.21. The molecule has 0 radical (unpaired) electrons. The highest BCUT2D eigenvalue weighted by Gasteiger charge is 2.05. The second-order valence-corrected chi connectivity index (χ2v) is 5.13. The van der Waals surface area contributed by atoms with E-state index < -0.39 is 5.97 Å². The van der Waals surface area contributed by atoms with E-state index in [0.29, 0.717) is 17.1 Å². The molecular weight excluding hydrogens is 320 g/mol. The van der Waals surface area contributed by atoms with Crippen LogP contribution in [0.5, 0.6) is 0 Å². The first-order valence-corrected chi connectivity index (χ1v) is 7.43. The van der Waals surface area contributed by atoms with Crippen LogP contribution in [0.25, 0.3) is 11.3 Å². The van der Waals surface area contributed by atoms with E-state index in [-0.39, 0.29) is 11.5 Å². The maximum absolute atomic E-state index is 11.8. The Morgan fingerprint density at radius 1 is 0.920 bits per heavy atom. The first kappa shape index (κ1) is 16.2. The van der Waals surface area contributed by atoms with Gasteiger partial charge in [0.25, 0.3) is 5.91 Å². The Hall–Kier alpha value is -3.67. The number of nitrogens with zero attached hydrogens (tertiary/aromatic N) is 1. The molecule has 0 unspecified atom stereocenters. The second-order valence-electron chi connectivity index (χ2n) is 5.13. The summed E-state index contributed by atoms with van der Waals surface area (Å²) >= 11 is 0. The number of rotatable bonds is 5. The Balaban J connectivity index is 1.65. The molecule has 1 amide bonds. The lowest BCUT2D eigenvalue weighted by atomic mass is 10.1. The third-order valence-corrected chi connectivity index (χ3v) is 3.43. The van der Waals surface area contributed by atoms with Crippen LogP contribution in [0.2, 0.25) is 0 Å². The smallest absolute Gasteiger partial charge is 0.271 e. The minimum atomic E-state index is -1.23. The van der Waals surface area contributed by atoms with Gasteiger partial charge in [-0.05, 0) is 29.8 Å². The lowest BCUT2D eigenvalue weighted by Crippen LogP contribution is -2.21. The Labute approximate surface area is 143 Å². The summed E-state index contributed by atoms with van der Waals surface area (Å²) < 4.78 is 5.59. The van der Waals surface area contributed by atoms with Crippen LogP contribution >= 0.6 is 0 Å². The molecule has 6 heteroatoms. The van der Waals surface area contributed by atoms with Crippen LogP contribution in [0.3, 0.4) is 0 Å². The normalized spacial score (nSPS) is 10.7. The van der Waals surface area contributed by atoms with Gasteiger partial charge in [-0.2, -0.15) is 5.10 Å². The fraction of sp³-hybridized carbons (Fsp3) is 0. The van der Waals surface area contributed by atoms with Crippen molar-refractivity contribution in [3.8, 4) is 11.3 Å². The largest absolute Gasteiger partial charge is 0.545 e. The van der Waals surface area contributed by atoms with E-state index in [1.165, 1.54) is 18.3 Å². The van der Waals surface area contributed by atoms with Crippen LogP contribution in [0.1, 0.15) is 26.5 Å². The van der Waals surface area contributed by atoms with Gasteiger partial charge >= 0.3 is 0 Å². The summed E-state index contributed by atoms with van der Waals surface area (Å²) in [6, 6.07) is 18.3. The van der Waals surface area contributed by atoms with Gasteiger partial charge in [0.2, 0.25) is 0 Å². The van der Waals surface area contributed by atoms with Crippen LogP contribution in [0.4, 0.5) is 0 Å². The standard InChI is InChI=1S/C19H14N2O4/c22-18(14-4-2-1-3-5-14)21-20-12-16-10-11-17(25-16)13-6-8-15(9-7-13)19(23)24/h1-12H,(H,21,22)(H,23,24)/p-1/b20-12-. The molecule has 0 bridgehead atoms. The molecule has 0 spiro atoms. The summed E-state index contributed by atoms with van der Waals surface area (Å²) in [5.41, 5.74) is 3.74. The van der Waals surface area contributed by atoms with Gasteiger partial charge in [0.15, 0.2) is 0 Å². The molecule has 1 aromatic heterocycles. The van der Waals surface area contributed by atoms with E-state index in [9.17, 15) is 14.7 Å². The van der Waals surface area contributed by atoms with E-state index >= 15 is 0 Å². The second kappa shape index (κ2) is 7.27. The van der Waals surface area contributed by atoms with Crippen molar-refractivity contribution >= 4 is 18.1 Å². The topological polar surface area (TPSA) is 94.7 Å². The van der Waals surface area contributed by atoms with E-state index in [2.05, 4.69) is 10.5 Å². The fourth-order valence-corrected chi connectivity index (χ4v) is 2.16. The number of carboxylic acid groups (broad SMARTS) is 1. The number of carbonyl (C=O) groups excluding carboxylic acids is 2. The summed E-state index contributed by atoms with van der Waals surface area (Å²) in [5.74, 6) is -0.539. The number of carboxylic acids is 1. The van der Waals surface area contributed by atoms with Crippen molar-refractivity contribution in [2.24, 2.45) is 5.10 Å². The van der Waals surface area contributed by atoms with E-state index in [4.69, 9.17) is 4.42 Å². The van der Waals surface area contributed by atoms with Gasteiger partial charge in [-0.25, -0.2) is 5.43 Å². The van der Waals surface area contributed by atoms with Gasteiger partial charge < -0.3 is 14.3 Å². The monoisotopic (exact) mass is 333 g/mol. The molecule has 0 saturated carbocycles. The van der Waals surface area contributed by atoms with Crippen LogP contribution in [0, 0.1) is 0 Å². The number of carbonyl (C=O) groups is 2. The van der Waals surface area contributed by atoms with E-state index in [0.717, 1.165) is 5.56 Å². The number of aromatic carboxylic acids is 1. The molecule has 1 N–H and O–H groups in total. The van der Waals surface area contributed by atoms with Crippen molar-refractivity contribution in [2.45, 2.75) is 0 Å². The summed E-state index contributed by atoms with van der Waals surface area (Å²) in [6.07, 6.45) is 1.39. The van der Waals surface area contributed by atoms with Crippen molar-refractivity contribution in [3.05, 3.63) is 83.6 Å². The summed E-state index contributed by atoms with van der Waals surface area (Å²) in [5, 5.41) is 14.6. The Morgan fingerprint density at radius 3 is 2.32 bits per heavy atom. The van der Waals surface area contributed by atoms with Crippen molar-refractivity contribution in [2.75, 3.05) is 0 Å². The van der Waals surface area contributed by atoms with Crippen molar-refractivity contribution in [1.29, 1.82) is 0 Å². The molecule has 1 heterocycles. The minimum Gasteiger partial charge on any atom is -0.545 e. The average molecular weight is 333 g/mol. The van der Waals surface area contributed by atoms with Crippen LogP contribution in [0.15, 0.2) is 76.2 Å². The maximum atomic E-state index is 11.8. The SMILES string of the molecule is O=C([O-])c1ccc(-c2ccc(/C=N\NC(=O)c3ccccc3)o2)cc1. The van der Waals surface area contributed by atoms with Crippen molar-refractivity contribution in [1.82, 2.24) is 5.43 Å². The number of nitrogens with one attached hydrogen (secondary N) is 1. The average Bonchev–Trinajstić information content (AvgIpc) is 3.11. The number of hydrazone groups is 1. The van der Waals surface area contributed by atoms with Gasteiger partial charge in [0.1, 0.15) is 11.5 Å². The predicted octanol–water partition coefficient (Wildman–Crippen LogP) is 2.07. The molecule has 0 fully saturated rings. The first-order valence-electron chi connectivity index (χ1n) is 7.43. The third-order valence-electron chi connectivity index (χ3n) is 3.43. The van der Waals surface area contributed by atoms with Gasteiger partial charge in [-0.1, -0.05) is 42.5 Å². The molecule has 25 heavy (non-hydrogen) atoms. The minimum absolute atomic E-state index is 0.0979. The number of hydrogen-bond donors (Lipinski definition) is 1. The molecule has 0 saturated heterocycles. The van der Waals surface area contributed by atoms with Crippen LogP contribution in [-0.4, -0.2) is 18.1 Å². The zero-order valence-corrected chi connectivity index (χ0v) is 13.0. The molecule has 0 aliphatic heterocycles. The van der Waals surface area contributed by atoms with Gasteiger partial charge in [-0.3, -0.25) is 4.79 Å². The molecule has 0 atom stereocenters. The summed E-state index contributed by atoms with van der Waals surface area (Å²) in [6.45, 7) is 0. The van der Waals surface area contributed by atoms with Crippen molar-refractivity contribution in [3.63, 3.8) is 0 Å². The Bertz CT molecular complexity index is 912. The quantitative estimate of drug-likeness (QED) is 0.571. The molecular formula is C19H13N2O4-. The molecule has 6 nitrogen and oxygen atoms in total. The highest BCUT2D eigenvalue weighted by atomic mass is 16.4. The zero-order chi connectivity index (χ0) is 17.6. The Morgan fingerprint density at radius 2 is 1.64 bits per heavy atom. The summed E-state index contributed by atoms with van der Waals surface area (Å²) in [4.78, 5) is 22.6. The number of benzene rings is 2. The molecule has 3 aromatic rings. The molecule has 124 valence electrons. The number of furan rings is 1. The van der Waals surface area contributed by atoms with E-state index in [1.54, 1.807) is 48.5 Å². The fourth-order valence-electron chi connectivity index (χ4n) is 2.16. The maximum Gasteiger partial charge on any atom is 0.271 e. The molecule has 2 aromatic carbocycles. The van der Waals surface area contributed by atoms with E-state index in [1.807, 2.05) is 6.07 Å². The lowest BCUT2D eigenvalue weighted by molar-refractivity contribution is -0.255. The highest BCUT2D eigenvalue weighted by molar-refractivity contribution is 5.94. The van der Waals surface area contributed by atoms with Crippen LogP contribution < -0.4 is 10.5 Å². The van der Waals surface area contributed by atoms with Crippen molar-refractivity contribution < 1.29 is 19.1 Å². The van der Waals surface area contributed by atoms with Crippen LogP contribution in [-0.2, 0) is 0 Å². The molecule has 0 aliphatic rings. The lowest BCUT2D eigenvalue weighted by Gasteiger charge is -2.02. The third kappa shape index (κ3) is 4.00. The summed E-state index contributed by atoms with van der Waals surface area (Å²) in [7, 11) is 0. The Kier molecular flexibility index (Phi) is 4.71. The predicted molar refractivity (Wildman–Crippen MR) is 90.0 cm³/mol. The van der Waals surface area contributed by atoms with Gasteiger partial charge in [0, 0.05) is 11.1 Å².